The van der Waals surface area contributed by atoms with Crippen LogP contribution in [0.4, 0.5) is 0 Å². The number of benzene rings is 1. The average molecular weight is 410 g/mol. The van der Waals surface area contributed by atoms with Crippen LogP contribution in [-0.4, -0.2) is 54.0 Å². The number of amides is 2. The van der Waals surface area contributed by atoms with Crippen LogP contribution in [0.5, 0.6) is 5.75 Å². The summed E-state index contributed by atoms with van der Waals surface area (Å²) in [6.45, 7) is 7.06. The Bertz CT molecular complexity index is 674. The molecule has 0 saturated carbocycles. The van der Waals surface area contributed by atoms with Gasteiger partial charge in [0.15, 0.2) is 0 Å². The Kier molecular flexibility index (Phi) is 5.64. The fraction of sp³-hybridized carbons (Fsp3) is 0.556. The van der Waals surface area contributed by atoms with Crippen LogP contribution in [0, 0.1) is 6.92 Å². The van der Waals surface area contributed by atoms with Crippen molar-refractivity contribution >= 4 is 27.7 Å². The number of nitrogens with one attached hydrogen (secondary N) is 1. The zero-order chi connectivity index (χ0) is 18.0. The lowest BCUT2D eigenvalue weighted by Crippen LogP contribution is -2.34. The number of piperidine rings is 1. The summed E-state index contributed by atoms with van der Waals surface area (Å²) in [6, 6.07) is 4.00. The maximum atomic E-state index is 12.2. The zero-order valence-corrected chi connectivity index (χ0v) is 16.3. The highest BCUT2D eigenvalue weighted by molar-refractivity contribution is 9.10. The van der Waals surface area contributed by atoms with E-state index in [1.54, 1.807) is 9.80 Å². The molecule has 0 atom stereocenters. The predicted octanol–water partition coefficient (Wildman–Crippen LogP) is 2.04. The molecule has 0 radical (unpaired) electrons. The number of hydrogen-bond acceptors (Lipinski definition) is 4. The molecule has 2 amide bonds. The van der Waals surface area contributed by atoms with Crippen LogP contribution in [0.3, 0.4) is 0 Å². The number of rotatable bonds is 5. The minimum absolute atomic E-state index is 0.183. The van der Waals surface area contributed by atoms with Crippen LogP contribution in [-0.2, 0) is 16.1 Å². The number of likely N-dealkylation sites (N-methyl/N-ethyl adjacent to an activating group) is 1. The van der Waals surface area contributed by atoms with E-state index >= 15 is 0 Å². The van der Waals surface area contributed by atoms with Crippen molar-refractivity contribution in [1.29, 1.82) is 0 Å². The number of halogens is 1. The van der Waals surface area contributed by atoms with Gasteiger partial charge < -0.3 is 19.9 Å². The molecule has 1 aromatic carbocycles. The Balaban J connectivity index is 1.82. The number of ether oxygens (including phenoxy) is 1. The summed E-state index contributed by atoms with van der Waals surface area (Å²) in [4.78, 5) is 27.3. The molecule has 0 unspecified atom stereocenters. The molecule has 1 aromatic rings. The van der Waals surface area contributed by atoms with Crippen LogP contribution in [0.2, 0.25) is 0 Å². The normalized spacial score (nSPS) is 19.0. The molecule has 0 spiro atoms. The molecule has 7 heteroatoms. The van der Waals surface area contributed by atoms with Gasteiger partial charge >= 0.3 is 11.8 Å². The first-order chi connectivity index (χ1) is 12.0. The van der Waals surface area contributed by atoms with Gasteiger partial charge in [-0.15, -0.1) is 0 Å². The van der Waals surface area contributed by atoms with Gasteiger partial charge in [0.05, 0.1) is 13.2 Å². The predicted molar refractivity (Wildman–Crippen MR) is 98.2 cm³/mol. The van der Waals surface area contributed by atoms with Crippen LogP contribution >= 0.6 is 15.9 Å². The Hall–Kier alpha value is -1.60. The molecule has 0 aliphatic carbocycles. The summed E-state index contributed by atoms with van der Waals surface area (Å²) in [6.07, 6.45) is 2.13. The average Bonchev–Trinajstić information content (AvgIpc) is 2.86. The topological polar surface area (TPSA) is 61.9 Å². The maximum absolute atomic E-state index is 12.2. The van der Waals surface area contributed by atoms with Crippen molar-refractivity contribution in [3.63, 3.8) is 0 Å². The molecule has 3 rings (SSSR count). The third-order valence-electron chi connectivity index (χ3n) is 4.73. The van der Waals surface area contributed by atoms with Gasteiger partial charge in [-0.3, -0.25) is 9.59 Å². The molecule has 1 N–H and O–H groups in total. The van der Waals surface area contributed by atoms with Crippen molar-refractivity contribution < 1.29 is 14.3 Å². The minimum Gasteiger partial charge on any atom is -0.490 e. The summed E-state index contributed by atoms with van der Waals surface area (Å²) in [5.41, 5.74) is 1.97. The van der Waals surface area contributed by atoms with E-state index in [2.05, 4.69) is 21.2 Å². The largest absolute Gasteiger partial charge is 0.490 e. The molecule has 2 heterocycles. The first-order valence-corrected chi connectivity index (χ1v) is 9.53. The van der Waals surface area contributed by atoms with Crippen molar-refractivity contribution in [2.75, 3.05) is 26.3 Å². The molecular formula is C18H24BrN3O3. The van der Waals surface area contributed by atoms with Crippen LogP contribution in [0.15, 0.2) is 16.6 Å². The summed E-state index contributed by atoms with van der Waals surface area (Å²) in [5, 5.41) is 3.34. The van der Waals surface area contributed by atoms with E-state index in [0.29, 0.717) is 19.8 Å². The standard InChI is InChI=1S/C18H24BrN3O3/c1-3-21-11-22(18(24)17(21)23)10-13-9-14(19)8-12(2)16(13)25-15-4-6-20-7-5-15/h8-9,15,20H,3-7,10-11H2,1-2H3. The van der Waals surface area contributed by atoms with Gasteiger partial charge in [-0.25, -0.2) is 0 Å². The minimum atomic E-state index is -0.438. The lowest BCUT2D eigenvalue weighted by molar-refractivity contribution is -0.143. The molecule has 2 saturated heterocycles. The second kappa shape index (κ2) is 7.74. The van der Waals surface area contributed by atoms with Gasteiger partial charge in [0.25, 0.3) is 0 Å². The second-order valence-electron chi connectivity index (χ2n) is 6.58. The number of hydrogen-bond donors (Lipinski definition) is 1. The van der Waals surface area contributed by atoms with E-state index in [1.807, 2.05) is 26.0 Å². The smallest absolute Gasteiger partial charge is 0.313 e. The number of carbonyl (C=O) groups excluding carboxylic acids is 2. The van der Waals surface area contributed by atoms with Gasteiger partial charge in [0.2, 0.25) is 0 Å². The number of nitrogens with zero attached hydrogens (tertiary/aromatic N) is 2. The lowest BCUT2D eigenvalue weighted by Gasteiger charge is -2.27. The Labute approximate surface area is 156 Å². The molecule has 0 aromatic heterocycles. The summed E-state index contributed by atoms with van der Waals surface area (Å²) in [7, 11) is 0. The summed E-state index contributed by atoms with van der Waals surface area (Å²) < 4.78 is 7.25. The highest BCUT2D eigenvalue weighted by Crippen LogP contribution is 2.31. The van der Waals surface area contributed by atoms with Crippen molar-refractivity contribution in [3.8, 4) is 5.75 Å². The zero-order valence-electron chi connectivity index (χ0n) is 14.7. The third kappa shape index (κ3) is 3.98. The van der Waals surface area contributed by atoms with Gasteiger partial charge in [0.1, 0.15) is 11.9 Å². The highest BCUT2D eigenvalue weighted by Gasteiger charge is 2.35. The monoisotopic (exact) mass is 409 g/mol. The Morgan fingerprint density at radius 2 is 1.88 bits per heavy atom. The van der Waals surface area contributed by atoms with Crippen LogP contribution < -0.4 is 10.1 Å². The Morgan fingerprint density at radius 3 is 2.52 bits per heavy atom. The van der Waals surface area contributed by atoms with E-state index in [1.165, 1.54) is 0 Å². The molecule has 2 fully saturated rings. The molecule has 2 aliphatic heterocycles. The van der Waals surface area contributed by atoms with Crippen LogP contribution in [0.25, 0.3) is 0 Å². The Morgan fingerprint density at radius 1 is 1.20 bits per heavy atom. The number of aryl methyl sites for hydroxylation is 1. The number of carbonyl (C=O) groups is 2. The van der Waals surface area contributed by atoms with Crippen molar-refractivity contribution in [2.24, 2.45) is 0 Å². The molecular weight excluding hydrogens is 386 g/mol. The van der Waals surface area contributed by atoms with E-state index in [4.69, 9.17) is 4.74 Å². The fourth-order valence-corrected chi connectivity index (χ4v) is 3.96. The van der Waals surface area contributed by atoms with Gasteiger partial charge in [0, 0.05) is 16.6 Å². The molecule has 25 heavy (non-hydrogen) atoms. The van der Waals surface area contributed by atoms with Crippen molar-refractivity contribution in [1.82, 2.24) is 15.1 Å². The van der Waals surface area contributed by atoms with Crippen molar-refractivity contribution in [2.45, 2.75) is 39.3 Å². The summed E-state index contributed by atoms with van der Waals surface area (Å²) in [5.74, 6) is -0.0207. The highest BCUT2D eigenvalue weighted by atomic mass is 79.9. The SMILES string of the molecule is CCN1CN(Cc2cc(Br)cc(C)c2OC2CCNCC2)C(=O)C1=O. The van der Waals surface area contributed by atoms with E-state index in [9.17, 15) is 9.59 Å². The molecule has 6 nitrogen and oxygen atoms in total. The molecule has 2 aliphatic rings. The lowest BCUT2D eigenvalue weighted by atomic mass is 10.1. The summed E-state index contributed by atoms with van der Waals surface area (Å²) >= 11 is 3.53. The van der Waals surface area contributed by atoms with Gasteiger partial charge in [-0.1, -0.05) is 15.9 Å². The molecule has 0 bridgehead atoms. The van der Waals surface area contributed by atoms with E-state index in [0.717, 1.165) is 47.3 Å². The van der Waals surface area contributed by atoms with E-state index in [-0.39, 0.29) is 6.10 Å². The third-order valence-corrected chi connectivity index (χ3v) is 5.19. The fourth-order valence-electron chi connectivity index (χ4n) is 3.34. The first-order valence-electron chi connectivity index (χ1n) is 8.74. The van der Waals surface area contributed by atoms with Crippen LogP contribution in [0.1, 0.15) is 30.9 Å². The van der Waals surface area contributed by atoms with Gasteiger partial charge in [-0.2, -0.15) is 0 Å². The second-order valence-corrected chi connectivity index (χ2v) is 7.50. The van der Waals surface area contributed by atoms with Gasteiger partial charge in [-0.05, 0) is 57.5 Å². The van der Waals surface area contributed by atoms with E-state index < -0.39 is 11.8 Å². The van der Waals surface area contributed by atoms with Crippen molar-refractivity contribution in [3.05, 3.63) is 27.7 Å². The maximum Gasteiger partial charge on any atom is 0.313 e. The first kappa shape index (κ1) is 18.2. The quantitative estimate of drug-likeness (QED) is 0.755. The molecule has 136 valence electrons.